The molecule has 19 heavy (non-hydrogen) atoms. The molecule has 1 N–H and O–H groups in total. The van der Waals surface area contributed by atoms with Crippen molar-refractivity contribution >= 4 is 0 Å². The number of nitrogens with one attached hydrogen (secondary N) is 1. The predicted molar refractivity (Wildman–Crippen MR) is 80.6 cm³/mol. The van der Waals surface area contributed by atoms with E-state index in [0.717, 1.165) is 24.8 Å². The summed E-state index contributed by atoms with van der Waals surface area (Å²) in [5, 5.41) is 3.64. The molecule has 0 bridgehead atoms. The Morgan fingerprint density at radius 2 is 1.89 bits per heavy atom. The molecule has 1 atom stereocenters. The van der Waals surface area contributed by atoms with Crippen LogP contribution in [0.1, 0.15) is 57.6 Å². The third-order valence-electron chi connectivity index (χ3n) is 4.17. The summed E-state index contributed by atoms with van der Waals surface area (Å²) in [5.41, 5.74) is 1.34. The zero-order valence-electron chi connectivity index (χ0n) is 12.3. The fourth-order valence-corrected chi connectivity index (χ4v) is 2.94. The van der Waals surface area contributed by atoms with Gasteiger partial charge in [0.2, 0.25) is 0 Å². The topological polar surface area (TPSA) is 21.3 Å². The van der Waals surface area contributed by atoms with Gasteiger partial charge in [-0.05, 0) is 50.4 Å². The lowest BCUT2D eigenvalue weighted by Gasteiger charge is -2.16. The van der Waals surface area contributed by atoms with Crippen molar-refractivity contribution in [2.75, 3.05) is 13.2 Å². The highest BCUT2D eigenvalue weighted by Crippen LogP contribution is 2.27. The van der Waals surface area contributed by atoms with Crippen molar-refractivity contribution in [3.8, 4) is 5.75 Å². The van der Waals surface area contributed by atoms with Gasteiger partial charge >= 0.3 is 0 Å². The molecule has 1 aliphatic rings. The number of ether oxygens (including phenoxy) is 1. The monoisotopic (exact) mass is 261 g/mol. The lowest BCUT2D eigenvalue weighted by Crippen LogP contribution is -2.21. The Morgan fingerprint density at radius 1 is 1.21 bits per heavy atom. The zero-order chi connectivity index (χ0) is 13.5. The van der Waals surface area contributed by atoms with E-state index >= 15 is 0 Å². The van der Waals surface area contributed by atoms with Crippen molar-refractivity contribution in [1.29, 1.82) is 0 Å². The molecule has 2 rings (SSSR count). The fourth-order valence-electron chi connectivity index (χ4n) is 2.94. The van der Waals surface area contributed by atoms with E-state index in [1.165, 1.54) is 37.7 Å². The Morgan fingerprint density at radius 3 is 2.53 bits per heavy atom. The molecule has 0 saturated heterocycles. The van der Waals surface area contributed by atoms with Gasteiger partial charge in [-0.3, -0.25) is 0 Å². The standard InChI is InChI=1S/C17H27NO/c1-3-19-17-10-8-16(9-11-17)14(2)18-13-12-15-6-4-5-7-15/h8-11,14-15,18H,3-7,12-13H2,1-2H3. The molecule has 2 nitrogen and oxygen atoms in total. The molecule has 1 fully saturated rings. The van der Waals surface area contributed by atoms with Crippen LogP contribution < -0.4 is 10.1 Å². The second-order valence-electron chi connectivity index (χ2n) is 5.62. The summed E-state index contributed by atoms with van der Waals surface area (Å²) in [4.78, 5) is 0. The van der Waals surface area contributed by atoms with Crippen LogP contribution in [0.15, 0.2) is 24.3 Å². The second kappa shape index (κ2) is 7.54. The van der Waals surface area contributed by atoms with Gasteiger partial charge in [0.15, 0.2) is 0 Å². The molecule has 1 aliphatic carbocycles. The number of rotatable bonds is 7. The van der Waals surface area contributed by atoms with E-state index in [1.807, 2.05) is 6.92 Å². The Labute approximate surface area is 117 Å². The van der Waals surface area contributed by atoms with Gasteiger partial charge in [0.1, 0.15) is 5.75 Å². The van der Waals surface area contributed by atoms with Crippen LogP contribution in [0.25, 0.3) is 0 Å². The Hall–Kier alpha value is -1.02. The molecule has 1 unspecified atom stereocenters. The first-order chi connectivity index (χ1) is 9.29. The molecule has 0 amide bonds. The van der Waals surface area contributed by atoms with Gasteiger partial charge in [0.25, 0.3) is 0 Å². The highest BCUT2D eigenvalue weighted by molar-refractivity contribution is 5.28. The minimum Gasteiger partial charge on any atom is -0.494 e. The number of hydrogen-bond acceptors (Lipinski definition) is 2. The summed E-state index contributed by atoms with van der Waals surface area (Å²) in [7, 11) is 0. The Bertz CT molecular complexity index is 354. The predicted octanol–water partition coefficient (Wildman–Crippen LogP) is 4.32. The summed E-state index contributed by atoms with van der Waals surface area (Å²) >= 11 is 0. The summed E-state index contributed by atoms with van der Waals surface area (Å²) in [6, 6.07) is 8.88. The second-order valence-corrected chi connectivity index (χ2v) is 5.62. The van der Waals surface area contributed by atoms with Crippen LogP contribution in [0.2, 0.25) is 0 Å². The first-order valence-electron chi connectivity index (χ1n) is 7.75. The molecule has 0 aromatic heterocycles. The zero-order valence-corrected chi connectivity index (χ0v) is 12.3. The molecule has 2 heteroatoms. The van der Waals surface area contributed by atoms with E-state index < -0.39 is 0 Å². The molecular formula is C17H27NO. The van der Waals surface area contributed by atoms with E-state index in [9.17, 15) is 0 Å². The van der Waals surface area contributed by atoms with E-state index in [4.69, 9.17) is 4.74 Å². The summed E-state index contributed by atoms with van der Waals surface area (Å²) < 4.78 is 5.47. The normalized spacial score (nSPS) is 17.6. The van der Waals surface area contributed by atoms with Crippen molar-refractivity contribution < 1.29 is 4.74 Å². The highest BCUT2D eigenvalue weighted by atomic mass is 16.5. The quantitative estimate of drug-likeness (QED) is 0.789. The summed E-state index contributed by atoms with van der Waals surface area (Å²) in [6.07, 6.45) is 7.11. The lowest BCUT2D eigenvalue weighted by molar-refractivity contribution is 0.340. The first kappa shape index (κ1) is 14.4. The van der Waals surface area contributed by atoms with Crippen molar-refractivity contribution in [3.63, 3.8) is 0 Å². The van der Waals surface area contributed by atoms with Crippen LogP contribution in [0, 0.1) is 5.92 Å². The number of benzene rings is 1. The Balaban J connectivity index is 1.73. The lowest BCUT2D eigenvalue weighted by atomic mass is 10.0. The highest BCUT2D eigenvalue weighted by Gasteiger charge is 2.14. The number of hydrogen-bond donors (Lipinski definition) is 1. The first-order valence-corrected chi connectivity index (χ1v) is 7.75. The minimum absolute atomic E-state index is 0.428. The van der Waals surface area contributed by atoms with Gasteiger partial charge in [-0.1, -0.05) is 37.8 Å². The maximum absolute atomic E-state index is 5.47. The Kier molecular flexibility index (Phi) is 5.71. The largest absolute Gasteiger partial charge is 0.494 e. The van der Waals surface area contributed by atoms with Crippen LogP contribution in [-0.4, -0.2) is 13.2 Å². The van der Waals surface area contributed by atoms with Crippen LogP contribution in [0.4, 0.5) is 0 Å². The molecule has 0 heterocycles. The molecule has 0 spiro atoms. The van der Waals surface area contributed by atoms with E-state index in [0.29, 0.717) is 6.04 Å². The average Bonchev–Trinajstić information content (AvgIpc) is 2.93. The van der Waals surface area contributed by atoms with Crippen LogP contribution in [-0.2, 0) is 0 Å². The van der Waals surface area contributed by atoms with Crippen LogP contribution >= 0.6 is 0 Å². The molecule has 0 radical (unpaired) electrons. The van der Waals surface area contributed by atoms with Gasteiger partial charge in [-0.25, -0.2) is 0 Å². The van der Waals surface area contributed by atoms with Gasteiger partial charge in [0.05, 0.1) is 6.61 Å². The van der Waals surface area contributed by atoms with Crippen molar-refractivity contribution in [2.45, 2.75) is 52.0 Å². The fraction of sp³-hybridized carbons (Fsp3) is 0.647. The molecule has 0 aliphatic heterocycles. The van der Waals surface area contributed by atoms with Crippen molar-refractivity contribution in [1.82, 2.24) is 5.32 Å². The van der Waals surface area contributed by atoms with Crippen LogP contribution in [0.3, 0.4) is 0 Å². The molecule has 106 valence electrons. The summed E-state index contributed by atoms with van der Waals surface area (Å²) in [5.74, 6) is 1.93. The van der Waals surface area contributed by atoms with Gasteiger partial charge in [-0.2, -0.15) is 0 Å². The van der Waals surface area contributed by atoms with Gasteiger partial charge in [0, 0.05) is 6.04 Å². The third kappa shape index (κ3) is 4.54. The smallest absolute Gasteiger partial charge is 0.119 e. The maximum Gasteiger partial charge on any atom is 0.119 e. The summed E-state index contributed by atoms with van der Waals surface area (Å²) in [6.45, 7) is 6.12. The van der Waals surface area contributed by atoms with Crippen molar-refractivity contribution in [2.24, 2.45) is 5.92 Å². The third-order valence-corrected chi connectivity index (χ3v) is 4.17. The molecule has 1 saturated carbocycles. The average molecular weight is 261 g/mol. The maximum atomic E-state index is 5.47. The minimum atomic E-state index is 0.428. The molecular weight excluding hydrogens is 234 g/mol. The van der Waals surface area contributed by atoms with E-state index in [2.05, 4.69) is 36.5 Å². The molecule has 1 aromatic carbocycles. The van der Waals surface area contributed by atoms with Gasteiger partial charge < -0.3 is 10.1 Å². The van der Waals surface area contributed by atoms with E-state index in [1.54, 1.807) is 0 Å². The van der Waals surface area contributed by atoms with Crippen molar-refractivity contribution in [3.05, 3.63) is 29.8 Å². The van der Waals surface area contributed by atoms with Crippen LogP contribution in [0.5, 0.6) is 5.75 Å². The van der Waals surface area contributed by atoms with E-state index in [-0.39, 0.29) is 0 Å². The van der Waals surface area contributed by atoms with Gasteiger partial charge in [-0.15, -0.1) is 0 Å². The molecule has 1 aromatic rings. The SMILES string of the molecule is CCOc1ccc(C(C)NCCC2CCCC2)cc1.